The van der Waals surface area contributed by atoms with E-state index in [0.29, 0.717) is 0 Å². The quantitative estimate of drug-likeness (QED) is 0.538. The van der Waals surface area contributed by atoms with E-state index in [1.165, 1.54) is 52.3 Å². The predicted octanol–water partition coefficient (Wildman–Crippen LogP) is -0.378. The van der Waals surface area contributed by atoms with Crippen LogP contribution in [-0.2, 0) is 23.9 Å². The minimum Gasteiger partial charge on any atom is -0.462 e. The van der Waals surface area contributed by atoms with Crippen LogP contribution < -0.4 is 0 Å². The molecule has 22 heavy (non-hydrogen) atoms. The van der Waals surface area contributed by atoms with Crippen LogP contribution >= 0.6 is 21.6 Å². The molecule has 0 aromatic rings. The van der Waals surface area contributed by atoms with Gasteiger partial charge in [-0.05, 0) is 7.05 Å². The van der Waals surface area contributed by atoms with Crippen LogP contribution in [0.4, 0.5) is 0 Å². The lowest BCUT2D eigenvalue weighted by Crippen LogP contribution is -2.79. The number of hydrogen-bond donors (Lipinski definition) is 1. The van der Waals surface area contributed by atoms with Crippen LogP contribution in [0.5, 0.6) is 0 Å². The highest BCUT2D eigenvalue weighted by Gasteiger charge is 2.68. The summed E-state index contributed by atoms with van der Waals surface area (Å²) in [7, 11) is 5.55. The van der Waals surface area contributed by atoms with E-state index < -0.39 is 27.9 Å². The van der Waals surface area contributed by atoms with Crippen LogP contribution in [0.1, 0.15) is 13.8 Å². The van der Waals surface area contributed by atoms with E-state index >= 15 is 0 Å². The first-order valence-electron chi connectivity index (χ1n) is 6.50. The van der Waals surface area contributed by atoms with Crippen molar-refractivity contribution in [2.75, 3.05) is 27.3 Å². The van der Waals surface area contributed by atoms with Crippen LogP contribution in [0.3, 0.4) is 0 Å². The third-order valence-corrected chi connectivity index (χ3v) is 7.60. The zero-order chi connectivity index (χ0) is 16.7. The summed E-state index contributed by atoms with van der Waals surface area (Å²) in [6.07, 6.45) is -1.07. The average Bonchev–Trinajstić information content (AvgIpc) is 2.45. The summed E-state index contributed by atoms with van der Waals surface area (Å²) in [5.74, 6) is -1.30. The number of piperazine rings is 1. The van der Waals surface area contributed by atoms with Crippen molar-refractivity contribution < 1.29 is 29.0 Å². The van der Waals surface area contributed by atoms with E-state index in [1.54, 1.807) is 7.05 Å². The smallest absolute Gasteiger partial charge is 0.302 e. The number of likely N-dealkylation sites (N-methyl/N-ethyl adjacent to an activating group) is 2. The molecule has 3 rings (SSSR count). The molecule has 0 spiro atoms. The van der Waals surface area contributed by atoms with Crippen LogP contribution in [0.15, 0.2) is 0 Å². The highest BCUT2D eigenvalue weighted by atomic mass is 33.1. The van der Waals surface area contributed by atoms with Gasteiger partial charge in [-0.3, -0.25) is 19.3 Å². The molecule has 3 heterocycles. The number of hydrogen-bond acceptors (Lipinski definition) is 9. The van der Waals surface area contributed by atoms with Crippen molar-refractivity contribution in [3.05, 3.63) is 0 Å². The number of aliphatic hydroxyl groups is 1. The maximum atomic E-state index is 12.7. The van der Waals surface area contributed by atoms with E-state index in [2.05, 4.69) is 0 Å². The van der Waals surface area contributed by atoms with E-state index in [9.17, 15) is 19.5 Å². The van der Waals surface area contributed by atoms with Gasteiger partial charge < -0.3 is 19.5 Å². The Morgan fingerprint density at radius 3 is 2.27 bits per heavy atom. The SMILES string of the molecule is CC(=O)OC[C@@]12SS[C@@](COC(C)=O)(C(O)N1C)N(C)C2=O. The van der Waals surface area contributed by atoms with Gasteiger partial charge in [0.1, 0.15) is 19.4 Å². The van der Waals surface area contributed by atoms with Gasteiger partial charge in [-0.1, -0.05) is 21.6 Å². The van der Waals surface area contributed by atoms with Gasteiger partial charge in [0.15, 0.2) is 9.74 Å². The van der Waals surface area contributed by atoms with Gasteiger partial charge in [0.25, 0.3) is 5.91 Å². The molecule has 10 heteroatoms. The highest BCUT2D eigenvalue weighted by molar-refractivity contribution is 8.78. The normalized spacial score (nSPS) is 34.7. The van der Waals surface area contributed by atoms with Gasteiger partial charge in [-0.2, -0.15) is 0 Å². The monoisotopic (exact) mass is 350 g/mol. The molecule has 0 aromatic heterocycles. The number of nitrogens with zero attached hydrogens (tertiary/aromatic N) is 2. The highest BCUT2D eigenvalue weighted by Crippen LogP contribution is 2.59. The number of amides is 1. The number of esters is 2. The molecule has 3 fully saturated rings. The molecule has 0 radical (unpaired) electrons. The zero-order valence-electron chi connectivity index (χ0n) is 12.7. The molecule has 2 bridgehead atoms. The second-order valence-electron chi connectivity index (χ2n) is 5.21. The predicted molar refractivity (Wildman–Crippen MR) is 80.4 cm³/mol. The van der Waals surface area contributed by atoms with Gasteiger partial charge in [0.05, 0.1) is 0 Å². The van der Waals surface area contributed by atoms with Gasteiger partial charge in [-0.25, -0.2) is 0 Å². The first kappa shape index (κ1) is 17.4. The molecule has 0 saturated carbocycles. The Morgan fingerprint density at radius 1 is 1.18 bits per heavy atom. The van der Waals surface area contributed by atoms with Gasteiger partial charge >= 0.3 is 11.9 Å². The molecule has 0 aromatic carbocycles. The van der Waals surface area contributed by atoms with Crippen LogP contribution in [0.25, 0.3) is 0 Å². The number of carbonyl (C=O) groups is 3. The van der Waals surface area contributed by atoms with E-state index in [0.717, 1.165) is 0 Å². The van der Waals surface area contributed by atoms with Crippen LogP contribution in [0.2, 0.25) is 0 Å². The van der Waals surface area contributed by atoms with Gasteiger partial charge in [0.2, 0.25) is 0 Å². The molecular weight excluding hydrogens is 332 g/mol. The van der Waals surface area contributed by atoms with Crippen LogP contribution in [0, 0.1) is 0 Å². The number of fused-ring (bicyclic) bond motifs is 3. The van der Waals surface area contributed by atoms with E-state index in [1.807, 2.05) is 0 Å². The lowest BCUT2D eigenvalue weighted by atomic mass is 10.0. The number of rotatable bonds is 4. The largest absolute Gasteiger partial charge is 0.462 e. The second-order valence-corrected chi connectivity index (χ2v) is 7.92. The van der Waals surface area contributed by atoms with Crippen molar-refractivity contribution in [1.29, 1.82) is 0 Å². The Bertz CT molecular complexity index is 518. The van der Waals surface area contributed by atoms with Crippen molar-refractivity contribution in [3.8, 4) is 0 Å². The zero-order valence-corrected chi connectivity index (χ0v) is 14.3. The van der Waals surface area contributed by atoms with E-state index in [-0.39, 0.29) is 19.1 Å². The second kappa shape index (κ2) is 5.91. The summed E-state index contributed by atoms with van der Waals surface area (Å²) in [5, 5.41) is 10.6. The summed E-state index contributed by atoms with van der Waals surface area (Å²) >= 11 is 0. The number of ether oxygens (including phenoxy) is 2. The van der Waals surface area contributed by atoms with Crippen molar-refractivity contribution in [1.82, 2.24) is 9.80 Å². The molecule has 1 unspecified atom stereocenters. The Morgan fingerprint density at radius 2 is 1.73 bits per heavy atom. The molecule has 8 nitrogen and oxygen atoms in total. The van der Waals surface area contributed by atoms with Gasteiger partial charge in [-0.15, -0.1) is 0 Å². The fraction of sp³-hybridized carbons (Fsp3) is 0.750. The standard InChI is InChI=1S/C12H18N2O6S2/c1-7(15)19-5-11-9(17)14(4)12(22-21-11,6-20-8(2)16)10(18)13(11)3/h9,17H,5-6H2,1-4H3/t9?,11-,12-/m0/s1. The fourth-order valence-corrected chi connectivity index (χ4v) is 6.04. The number of carbonyl (C=O) groups excluding carboxylic acids is 3. The lowest BCUT2D eigenvalue weighted by molar-refractivity contribution is -0.189. The molecule has 0 aliphatic carbocycles. The first-order valence-corrected chi connectivity index (χ1v) is 8.65. The first-order chi connectivity index (χ1) is 10.2. The summed E-state index contributed by atoms with van der Waals surface area (Å²) in [6.45, 7) is 2.23. The van der Waals surface area contributed by atoms with Crippen molar-refractivity contribution in [3.63, 3.8) is 0 Å². The number of aliphatic hydroxyl groups excluding tert-OH is 1. The fourth-order valence-electron chi connectivity index (χ4n) is 2.38. The molecule has 3 saturated heterocycles. The minimum absolute atomic E-state index is 0.128. The summed E-state index contributed by atoms with van der Waals surface area (Å²) in [4.78, 5) is 35.4. The molecule has 3 atom stereocenters. The molecule has 1 amide bonds. The third-order valence-electron chi connectivity index (χ3n) is 3.82. The maximum absolute atomic E-state index is 12.7. The van der Waals surface area contributed by atoms with Crippen LogP contribution in [-0.4, -0.2) is 76.0 Å². The van der Waals surface area contributed by atoms with Crippen molar-refractivity contribution in [2.45, 2.75) is 29.8 Å². The lowest BCUT2D eigenvalue weighted by Gasteiger charge is -2.61. The Balaban J connectivity index is 2.31. The maximum Gasteiger partial charge on any atom is 0.302 e. The van der Waals surface area contributed by atoms with Gasteiger partial charge in [0, 0.05) is 20.9 Å². The summed E-state index contributed by atoms with van der Waals surface area (Å²) < 4.78 is 10.0. The van der Waals surface area contributed by atoms with Crippen molar-refractivity contribution in [2.24, 2.45) is 0 Å². The molecule has 3 aliphatic rings. The average molecular weight is 350 g/mol. The third kappa shape index (κ3) is 2.47. The topological polar surface area (TPSA) is 96.4 Å². The summed E-state index contributed by atoms with van der Waals surface area (Å²) in [6, 6.07) is 0. The Hall–Kier alpha value is -0.970. The molecular formula is C12H18N2O6S2. The minimum atomic E-state index is -1.19. The molecule has 1 N–H and O–H groups in total. The summed E-state index contributed by atoms with van der Waals surface area (Å²) in [5.41, 5.74) is 0. The molecule has 3 aliphatic heterocycles. The Kier molecular flexibility index (Phi) is 4.67. The molecule has 124 valence electrons. The van der Waals surface area contributed by atoms with E-state index in [4.69, 9.17) is 9.47 Å². The Labute approximate surface area is 135 Å². The van der Waals surface area contributed by atoms with Crippen molar-refractivity contribution >= 4 is 39.4 Å².